The third kappa shape index (κ3) is 6.73. The topological polar surface area (TPSA) is 97.5 Å². The highest BCUT2D eigenvalue weighted by molar-refractivity contribution is 5.79. The van der Waals surface area contributed by atoms with E-state index in [1.165, 1.54) is 6.07 Å². The van der Waals surface area contributed by atoms with Gasteiger partial charge in [-0.25, -0.2) is 4.99 Å². The van der Waals surface area contributed by atoms with Gasteiger partial charge in [-0.15, -0.1) is 0 Å². The molecule has 0 amide bonds. The van der Waals surface area contributed by atoms with Gasteiger partial charge in [-0.05, 0) is 32.0 Å². The minimum Gasteiger partial charge on any atom is -0.434 e. The first-order chi connectivity index (χ1) is 15.0. The lowest BCUT2D eigenvalue weighted by Gasteiger charge is -2.13. The molecule has 164 valence electrons. The van der Waals surface area contributed by atoms with E-state index in [0.717, 1.165) is 5.56 Å². The zero-order valence-electron chi connectivity index (χ0n) is 17.3. The quantitative estimate of drug-likeness (QED) is 0.397. The molecule has 0 saturated carbocycles. The van der Waals surface area contributed by atoms with Crippen LogP contribution in [-0.2, 0) is 13.0 Å². The van der Waals surface area contributed by atoms with Gasteiger partial charge in [-0.3, -0.25) is 4.98 Å². The fourth-order valence-electron chi connectivity index (χ4n) is 2.79. The molecule has 1 aromatic carbocycles. The minimum atomic E-state index is -2.89. The number of aliphatic imine (C=N–C) groups is 1. The molecule has 2 aromatic heterocycles. The van der Waals surface area contributed by atoms with Crippen molar-refractivity contribution in [2.45, 2.75) is 33.4 Å². The Kier molecular flexibility index (Phi) is 7.85. The second-order valence-electron chi connectivity index (χ2n) is 6.59. The number of alkyl halides is 2. The number of halogens is 2. The number of rotatable bonds is 9. The zero-order valence-corrected chi connectivity index (χ0v) is 17.3. The summed E-state index contributed by atoms with van der Waals surface area (Å²) < 4.78 is 35.1. The van der Waals surface area contributed by atoms with Crippen LogP contribution in [0.5, 0.6) is 5.75 Å². The van der Waals surface area contributed by atoms with E-state index >= 15 is 0 Å². The molecule has 0 radical (unpaired) electrons. The van der Waals surface area contributed by atoms with Gasteiger partial charge in [0.25, 0.3) is 5.89 Å². The maximum absolute atomic E-state index is 12.7. The van der Waals surface area contributed by atoms with Crippen molar-refractivity contribution >= 4 is 5.96 Å². The first kappa shape index (κ1) is 22.1. The van der Waals surface area contributed by atoms with Gasteiger partial charge in [0.05, 0.1) is 6.54 Å². The fraction of sp³-hybridized carbons (Fsp3) is 0.333. The van der Waals surface area contributed by atoms with E-state index in [0.29, 0.717) is 48.4 Å². The van der Waals surface area contributed by atoms with Crippen LogP contribution in [-0.4, -0.2) is 40.8 Å². The summed E-state index contributed by atoms with van der Waals surface area (Å²) in [5.41, 5.74) is 2.13. The van der Waals surface area contributed by atoms with Gasteiger partial charge in [0.2, 0.25) is 0 Å². The normalized spacial score (nSPS) is 11.6. The molecule has 2 heterocycles. The molecule has 0 bridgehead atoms. The van der Waals surface area contributed by atoms with Crippen LogP contribution in [0.2, 0.25) is 0 Å². The second kappa shape index (κ2) is 11.0. The van der Waals surface area contributed by atoms with E-state index in [-0.39, 0.29) is 12.3 Å². The maximum atomic E-state index is 12.7. The molecule has 0 spiro atoms. The number of pyridine rings is 1. The lowest BCUT2D eigenvalue weighted by molar-refractivity contribution is -0.0504. The maximum Gasteiger partial charge on any atom is 0.387 e. The van der Waals surface area contributed by atoms with Crippen LogP contribution in [0.4, 0.5) is 8.78 Å². The second-order valence-corrected chi connectivity index (χ2v) is 6.59. The Morgan fingerprint density at radius 3 is 2.84 bits per heavy atom. The molecular weight excluding hydrogens is 406 g/mol. The summed E-state index contributed by atoms with van der Waals surface area (Å²) >= 11 is 0. The largest absolute Gasteiger partial charge is 0.434 e. The highest BCUT2D eigenvalue weighted by Crippen LogP contribution is 2.23. The van der Waals surface area contributed by atoms with Gasteiger partial charge >= 0.3 is 6.61 Å². The van der Waals surface area contributed by atoms with Crippen LogP contribution < -0.4 is 15.4 Å². The van der Waals surface area contributed by atoms with E-state index < -0.39 is 6.61 Å². The Balaban J connectivity index is 1.60. The van der Waals surface area contributed by atoms with Crippen LogP contribution in [0.3, 0.4) is 0 Å². The number of guanidine groups is 1. The lowest BCUT2D eigenvalue weighted by atomic mass is 10.1. The monoisotopic (exact) mass is 430 g/mol. The van der Waals surface area contributed by atoms with Crippen LogP contribution >= 0.6 is 0 Å². The summed E-state index contributed by atoms with van der Waals surface area (Å²) in [6, 6.07) is 10.5. The van der Waals surface area contributed by atoms with Crippen molar-refractivity contribution in [2.24, 2.45) is 4.99 Å². The van der Waals surface area contributed by atoms with Crippen LogP contribution in [0.15, 0.2) is 52.1 Å². The molecule has 0 aliphatic heterocycles. The molecule has 3 rings (SSSR count). The van der Waals surface area contributed by atoms with E-state index in [4.69, 9.17) is 4.52 Å². The summed E-state index contributed by atoms with van der Waals surface area (Å²) in [5, 5.41) is 10.3. The lowest BCUT2D eigenvalue weighted by Crippen LogP contribution is -2.38. The van der Waals surface area contributed by atoms with Gasteiger partial charge in [0, 0.05) is 31.3 Å². The van der Waals surface area contributed by atoms with Crippen molar-refractivity contribution in [3.63, 3.8) is 0 Å². The fourth-order valence-corrected chi connectivity index (χ4v) is 2.79. The number of aromatic nitrogens is 3. The first-order valence-corrected chi connectivity index (χ1v) is 9.85. The number of ether oxygens (including phenoxy) is 1. The average Bonchev–Trinajstić information content (AvgIpc) is 3.23. The summed E-state index contributed by atoms with van der Waals surface area (Å²) in [6.07, 6.45) is 2.16. The smallest absolute Gasteiger partial charge is 0.387 e. The highest BCUT2D eigenvalue weighted by atomic mass is 19.3. The third-order valence-corrected chi connectivity index (χ3v) is 4.18. The first-order valence-electron chi connectivity index (χ1n) is 9.85. The summed E-state index contributed by atoms with van der Waals surface area (Å²) in [5.74, 6) is 1.56. The number of nitrogens with zero attached hydrogens (tertiary/aromatic N) is 4. The van der Waals surface area contributed by atoms with E-state index in [1.54, 1.807) is 24.4 Å². The predicted molar refractivity (Wildman–Crippen MR) is 112 cm³/mol. The molecule has 2 N–H and O–H groups in total. The molecule has 0 atom stereocenters. The third-order valence-electron chi connectivity index (χ3n) is 4.18. The molecular formula is C21H24F2N6O2. The molecule has 10 heteroatoms. The van der Waals surface area contributed by atoms with Crippen molar-refractivity contribution in [3.05, 3.63) is 59.5 Å². The van der Waals surface area contributed by atoms with Crippen LogP contribution in [0, 0.1) is 6.92 Å². The van der Waals surface area contributed by atoms with Crippen molar-refractivity contribution < 1.29 is 18.0 Å². The minimum absolute atomic E-state index is 0.119. The standard InChI is InChI=1S/C21H24F2N6O2/c1-3-24-21(27-13-15-12-14(2)7-8-17(15)30-20(22)23)26-11-9-18-28-19(31-29-18)16-6-4-5-10-25-16/h4-8,10,12,20H,3,9,11,13H2,1-2H3,(H2,24,26,27). The van der Waals surface area contributed by atoms with Crippen molar-refractivity contribution in [3.8, 4) is 17.3 Å². The molecule has 3 aromatic rings. The Morgan fingerprint density at radius 2 is 2.10 bits per heavy atom. The van der Waals surface area contributed by atoms with Crippen LogP contribution in [0.1, 0.15) is 23.9 Å². The summed E-state index contributed by atoms with van der Waals surface area (Å²) in [6.45, 7) is 2.27. The van der Waals surface area contributed by atoms with Crippen molar-refractivity contribution in [2.75, 3.05) is 13.1 Å². The van der Waals surface area contributed by atoms with Crippen molar-refractivity contribution in [1.29, 1.82) is 0 Å². The SMILES string of the molecule is CCNC(=NCc1cc(C)ccc1OC(F)F)NCCc1noc(-c2ccccn2)n1. The Morgan fingerprint density at radius 1 is 1.23 bits per heavy atom. The van der Waals surface area contributed by atoms with Gasteiger partial charge < -0.3 is 19.9 Å². The Bertz CT molecular complexity index is 995. The molecule has 0 saturated heterocycles. The number of nitrogens with one attached hydrogen (secondary N) is 2. The number of aryl methyl sites for hydroxylation is 1. The van der Waals surface area contributed by atoms with Gasteiger partial charge in [0.15, 0.2) is 11.8 Å². The van der Waals surface area contributed by atoms with Gasteiger partial charge in [-0.1, -0.05) is 28.9 Å². The molecule has 0 aliphatic carbocycles. The number of hydrogen-bond acceptors (Lipinski definition) is 6. The summed E-state index contributed by atoms with van der Waals surface area (Å²) in [4.78, 5) is 13.0. The van der Waals surface area contributed by atoms with E-state index in [9.17, 15) is 8.78 Å². The van der Waals surface area contributed by atoms with Crippen LogP contribution in [0.25, 0.3) is 11.6 Å². The molecule has 0 unspecified atom stereocenters. The van der Waals surface area contributed by atoms with Crippen molar-refractivity contribution in [1.82, 2.24) is 25.8 Å². The molecule has 31 heavy (non-hydrogen) atoms. The van der Waals surface area contributed by atoms with Gasteiger partial charge in [0.1, 0.15) is 11.4 Å². The van der Waals surface area contributed by atoms with E-state index in [1.807, 2.05) is 26.0 Å². The number of benzene rings is 1. The Labute approximate surface area is 178 Å². The highest BCUT2D eigenvalue weighted by Gasteiger charge is 2.11. The van der Waals surface area contributed by atoms with E-state index in [2.05, 4.69) is 35.5 Å². The predicted octanol–water partition coefficient (Wildman–Crippen LogP) is 3.34. The summed E-state index contributed by atoms with van der Waals surface area (Å²) in [7, 11) is 0. The molecule has 0 aliphatic rings. The average molecular weight is 430 g/mol. The Hall–Kier alpha value is -3.56. The molecule has 0 fully saturated rings. The zero-order chi connectivity index (χ0) is 22.1. The number of hydrogen-bond donors (Lipinski definition) is 2. The van der Waals surface area contributed by atoms with Gasteiger partial charge in [-0.2, -0.15) is 13.8 Å². The molecule has 8 nitrogen and oxygen atoms in total.